The zero-order valence-corrected chi connectivity index (χ0v) is 26.7. The predicted octanol–water partition coefficient (Wildman–Crippen LogP) is 10.3. The number of para-hydroxylation sites is 4. The van der Waals surface area contributed by atoms with Crippen molar-refractivity contribution in [2.75, 3.05) is 9.71 Å². The van der Waals surface area contributed by atoms with Crippen LogP contribution in [0.4, 0.5) is 28.4 Å². The van der Waals surface area contributed by atoms with E-state index in [0.717, 1.165) is 0 Å². The molecule has 11 rings (SSSR count). The number of hydrogen-bond acceptors (Lipinski definition) is 2. The highest BCUT2D eigenvalue weighted by atomic mass is 32.3. The van der Waals surface area contributed by atoms with Crippen LogP contribution in [0.2, 0.25) is 0 Å². The molecule has 7 aromatic carbocycles. The molecular formula is C43H29BN2S. The van der Waals surface area contributed by atoms with E-state index in [1.165, 1.54) is 86.8 Å². The van der Waals surface area contributed by atoms with Gasteiger partial charge in [-0.3, -0.25) is 0 Å². The van der Waals surface area contributed by atoms with Gasteiger partial charge in [0.2, 0.25) is 0 Å². The third-order valence-corrected chi connectivity index (χ3v) is 14.6. The minimum absolute atomic E-state index is 0.0372. The Kier molecular flexibility index (Phi) is 4.97. The normalized spacial score (nSPS) is 15.6. The van der Waals surface area contributed by atoms with E-state index in [4.69, 9.17) is 0 Å². The first kappa shape index (κ1) is 25.7. The molecule has 0 unspecified atom stereocenters. The summed E-state index contributed by atoms with van der Waals surface area (Å²) >= 11 is 0. The van der Waals surface area contributed by atoms with Crippen LogP contribution in [0, 0.1) is 6.92 Å². The average Bonchev–Trinajstić information content (AvgIpc) is 3.42. The Hall–Kier alpha value is -5.45. The Balaban J connectivity index is 1.32. The first-order chi connectivity index (χ1) is 23.3. The molecule has 47 heavy (non-hydrogen) atoms. The molecule has 1 spiro atoms. The SMILES string of the molecule is Cc1cc2c3c(c1)N(c1ccccc1)c1ccccc1B3N1c3ccccc3S3(c4ccccc4-c4ccccc43)c3cccc-2c31. The molecule has 4 aliphatic heterocycles. The van der Waals surface area contributed by atoms with Crippen LogP contribution in [0.1, 0.15) is 5.56 Å². The van der Waals surface area contributed by atoms with Gasteiger partial charge < -0.3 is 9.71 Å². The summed E-state index contributed by atoms with van der Waals surface area (Å²) in [6.45, 7) is 2.29. The molecule has 0 radical (unpaired) electrons. The first-order valence-electron chi connectivity index (χ1n) is 16.4. The Morgan fingerprint density at radius 1 is 0.468 bits per heavy atom. The van der Waals surface area contributed by atoms with Crippen molar-refractivity contribution in [3.8, 4) is 22.3 Å². The molecule has 2 nitrogen and oxygen atoms in total. The maximum atomic E-state index is 2.71. The summed E-state index contributed by atoms with van der Waals surface area (Å²) in [5, 5.41) is 0. The molecule has 7 aromatic rings. The van der Waals surface area contributed by atoms with Gasteiger partial charge in [0, 0.05) is 47.9 Å². The summed E-state index contributed by atoms with van der Waals surface area (Å²) in [6.07, 6.45) is 0. The van der Waals surface area contributed by atoms with Gasteiger partial charge in [0.25, 0.3) is 0 Å². The smallest absolute Gasteiger partial charge is 0.333 e. The zero-order valence-electron chi connectivity index (χ0n) is 25.9. The van der Waals surface area contributed by atoms with Gasteiger partial charge >= 0.3 is 6.85 Å². The summed E-state index contributed by atoms with van der Waals surface area (Å²) in [5.41, 5.74) is 15.8. The Morgan fingerprint density at radius 2 is 1.06 bits per heavy atom. The lowest BCUT2D eigenvalue weighted by atomic mass is 9.43. The minimum atomic E-state index is -1.75. The van der Waals surface area contributed by atoms with Crippen molar-refractivity contribution in [2.24, 2.45) is 0 Å². The van der Waals surface area contributed by atoms with Crippen molar-refractivity contribution < 1.29 is 0 Å². The largest absolute Gasteiger partial charge is 0.375 e. The van der Waals surface area contributed by atoms with Gasteiger partial charge in [0.1, 0.15) is 0 Å². The fraction of sp³-hybridized carbons (Fsp3) is 0.0233. The maximum absolute atomic E-state index is 2.71. The first-order valence-corrected chi connectivity index (χ1v) is 18.0. The summed E-state index contributed by atoms with van der Waals surface area (Å²) in [5.74, 6) is 0. The van der Waals surface area contributed by atoms with Gasteiger partial charge in [0.05, 0.1) is 5.69 Å². The van der Waals surface area contributed by atoms with E-state index < -0.39 is 10.0 Å². The number of rotatable bonds is 1. The quantitative estimate of drug-likeness (QED) is 0.169. The number of benzene rings is 7. The molecular weight excluding hydrogens is 587 g/mol. The van der Waals surface area contributed by atoms with Crippen LogP contribution in [-0.4, -0.2) is 6.85 Å². The number of aryl methyl sites for hydroxylation is 1. The number of fused-ring (bicyclic) bond motifs is 13. The van der Waals surface area contributed by atoms with Crippen LogP contribution < -0.4 is 20.6 Å². The monoisotopic (exact) mass is 616 g/mol. The van der Waals surface area contributed by atoms with E-state index >= 15 is 0 Å². The second kappa shape index (κ2) is 9.09. The fourth-order valence-electron chi connectivity index (χ4n) is 8.97. The summed E-state index contributed by atoms with van der Waals surface area (Å²) in [6, 6.07) is 59.6. The molecule has 4 heterocycles. The van der Waals surface area contributed by atoms with Crippen LogP contribution in [0.25, 0.3) is 22.3 Å². The Labute approximate surface area is 277 Å². The highest BCUT2D eigenvalue weighted by molar-refractivity contribution is 8.34. The minimum Gasteiger partial charge on any atom is -0.375 e. The molecule has 0 aromatic heterocycles. The van der Waals surface area contributed by atoms with Crippen LogP contribution in [0.15, 0.2) is 177 Å². The van der Waals surface area contributed by atoms with Gasteiger partial charge in [0.15, 0.2) is 0 Å². The topological polar surface area (TPSA) is 6.48 Å². The molecule has 0 atom stereocenters. The van der Waals surface area contributed by atoms with Crippen LogP contribution >= 0.6 is 10.0 Å². The van der Waals surface area contributed by atoms with Gasteiger partial charge in [-0.05, 0) is 94.7 Å². The van der Waals surface area contributed by atoms with E-state index in [1.807, 2.05) is 0 Å². The van der Waals surface area contributed by atoms with Crippen LogP contribution in [0.3, 0.4) is 0 Å². The second-order valence-electron chi connectivity index (χ2n) is 13.0. The molecule has 0 N–H and O–H groups in total. The maximum Gasteiger partial charge on any atom is 0.333 e. The van der Waals surface area contributed by atoms with Gasteiger partial charge in [-0.2, -0.15) is 0 Å². The molecule has 0 saturated carbocycles. The number of hydrogen-bond donors (Lipinski definition) is 0. The van der Waals surface area contributed by atoms with Crippen molar-refractivity contribution in [3.63, 3.8) is 0 Å². The summed E-state index contributed by atoms with van der Waals surface area (Å²) in [4.78, 5) is 11.0. The Morgan fingerprint density at radius 3 is 1.83 bits per heavy atom. The van der Waals surface area contributed by atoms with Crippen molar-refractivity contribution in [3.05, 3.63) is 163 Å². The van der Waals surface area contributed by atoms with E-state index in [9.17, 15) is 0 Å². The van der Waals surface area contributed by atoms with Gasteiger partial charge in [-0.1, -0.05) is 103 Å². The predicted molar refractivity (Wildman–Crippen MR) is 197 cm³/mol. The Bertz CT molecular complexity index is 2420. The molecule has 0 amide bonds. The summed E-state index contributed by atoms with van der Waals surface area (Å²) < 4.78 is 0. The third kappa shape index (κ3) is 3.05. The number of nitrogens with zero attached hydrogens (tertiary/aromatic N) is 2. The lowest BCUT2D eigenvalue weighted by Gasteiger charge is -2.54. The fourth-order valence-corrected chi connectivity index (χ4v) is 13.5. The number of anilines is 5. The lowest BCUT2D eigenvalue weighted by molar-refractivity contribution is 1.16. The van der Waals surface area contributed by atoms with Crippen LogP contribution in [0.5, 0.6) is 0 Å². The molecule has 0 aliphatic carbocycles. The molecule has 0 saturated heterocycles. The van der Waals surface area contributed by atoms with Crippen LogP contribution in [-0.2, 0) is 0 Å². The van der Waals surface area contributed by atoms with E-state index in [1.54, 1.807) is 0 Å². The molecule has 0 bridgehead atoms. The van der Waals surface area contributed by atoms with Gasteiger partial charge in [-0.25, -0.2) is 0 Å². The third-order valence-electron chi connectivity index (χ3n) is 10.6. The van der Waals surface area contributed by atoms with Crippen molar-refractivity contribution >= 4 is 56.2 Å². The standard InChI is InChI=1S/C43H29BN2S/c1-28-26-33-32-18-13-25-41-43(32)46(44-34-19-7-8-20-35(34)45(37(27-28)42(33)44)29-14-3-2-4-15-29)36-21-9-12-24-40(36)47(41)38-22-10-5-16-30(38)31-17-6-11-23-39(31)47/h2-27H,1H3. The highest BCUT2D eigenvalue weighted by Gasteiger charge is 2.53. The lowest BCUT2D eigenvalue weighted by Crippen LogP contribution is -2.62. The van der Waals surface area contributed by atoms with E-state index in [2.05, 4.69) is 174 Å². The zero-order chi connectivity index (χ0) is 30.9. The van der Waals surface area contributed by atoms with Crippen molar-refractivity contribution in [1.29, 1.82) is 0 Å². The molecule has 0 fully saturated rings. The average molecular weight is 617 g/mol. The summed E-state index contributed by atoms with van der Waals surface area (Å²) in [7, 11) is -1.75. The van der Waals surface area contributed by atoms with Gasteiger partial charge in [-0.15, -0.1) is 10.0 Å². The second-order valence-corrected chi connectivity index (χ2v) is 16.0. The van der Waals surface area contributed by atoms with Crippen molar-refractivity contribution in [1.82, 2.24) is 0 Å². The van der Waals surface area contributed by atoms with E-state index in [-0.39, 0.29) is 6.85 Å². The van der Waals surface area contributed by atoms with E-state index in [0.29, 0.717) is 0 Å². The highest BCUT2D eigenvalue weighted by Crippen LogP contribution is 2.84. The molecule has 220 valence electrons. The molecule has 4 heteroatoms. The van der Waals surface area contributed by atoms with Crippen molar-refractivity contribution in [2.45, 2.75) is 26.5 Å². The molecule has 4 aliphatic rings.